The van der Waals surface area contributed by atoms with E-state index in [4.69, 9.17) is 10.2 Å². The lowest BCUT2D eigenvalue weighted by Gasteiger charge is -2.02. The fourth-order valence-electron chi connectivity index (χ4n) is 2.33. The monoisotopic (exact) mass is 330 g/mol. The van der Waals surface area contributed by atoms with Crippen molar-refractivity contribution >= 4 is 11.9 Å². The molecule has 0 aromatic carbocycles. The smallest absolute Gasteiger partial charge is 0.303 e. The van der Waals surface area contributed by atoms with E-state index in [1.807, 2.05) is 6.92 Å². The lowest BCUT2D eigenvalue weighted by molar-refractivity contribution is -0.138. The summed E-state index contributed by atoms with van der Waals surface area (Å²) in [6.07, 6.45) is 16.8. The summed E-state index contributed by atoms with van der Waals surface area (Å²) in [5.41, 5.74) is 0. The average Bonchev–Trinajstić information content (AvgIpc) is 2.48. The quantitative estimate of drug-likeness (QED) is 0.359. The van der Waals surface area contributed by atoms with E-state index < -0.39 is 11.9 Å². The molecule has 0 aliphatic rings. The van der Waals surface area contributed by atoms with Gasteiger partial charge in [-0.05, 0) is 12.8 Å². The molecule has 0 spiro atoms. The molecule has 0 atom stereocenters. The van der Waals surface area contributed by atoms with Gasteiger partial charge in [-0.15, -0.1) is 0 Å². The molecule has 0 amide bonds. The van der Waals surface area contributed by atoms with Gasteiger partial charge in [0, 0.05) is 12.8 Å². The van der Waals surface area contributed by atoms with Crippen LogP contribution >= 0.6 is 0 Å². The van der Waals surface area contributed by atoms with Crippen LogP contribution in [0.3, 0.4) is 0 Å². The van der Waals surface area contributed by atoms with Crippen molar-refractivity contribution in [2.45, 2.75) is 110 Å². The Labute approximate surface area is 142 Å². The molecule has 138 valence electrons. The third-order valence-corrected chi connectivity index (χ3v) is 3.71. The van der Waals surface area contributed by atoms with Gasteiger partial charge in [-0.3, -0.25) is 9.59 Å². The zero-order valence-corrected chi connectivity index (χ0v) is 15.3. The van der Waals surface area contributed by atoms with Crippen LogP contribution in [0.2, 0.25) is 0 Å². The number of carbonyl (C=O) groups is 2. The molecule has 0 rings (SSSR count). The van der Waals surface area contributed by atoms with Crippen LogP contribution in [-0.4, -0.2) is 22.2 Å². The summed E-state index contributed by atoms with van der Waals surface area (Å²) in [6.45, 7) is 4.10. The molecule has 4 nitrogen and oxygen atoms in total. The van der Waals surface area contributed by atoms with Gasteiger partial charge in [-0.25, -0.2) is 0 Å². The number of rotatable bonds is 15. The minimum atomic E-state index is -0.711. The van der Waals surface area contributed by atoms with E-state index in [2.05, 4.69) is 6.92 Å². The van der Waals surface area contributed by atoms with Crippen LogP contribution in [0, 0.1) is 0 Å². The van der Waals surface area contributed by atoms with E-state index in [0.717, 1.165) is 19.3 Å². The molecular weight excluding hydrogens is 292 g/mol. The van der Waals surface area contributed by atoms with Crippen molar-refractivity contribution in [3.05, 3.63) is 0 Å². The van der Waals surface area contributed by atoms with Crippen molar-refractivity contribution in [3.8, 4) is 0 Å². The predicted octanol–water partition coefficient (Wildman–Crippen LogP) is 6.03. The first-order valence-corrected chi connectivity index (χ1v) is 9.48. The van der Waals surface area contributed by atoms with Gasteiger partial charge in [0.05, 0.1) is 0 Å². The third-order valence-electron chi connectivity index (χ3n) is 3.71. The lowest BCUT2D eigenvalue weighted by Crippen LogP contribution is -1.93. The predicted molar refractivity (Wildman–Crippen MR) is 95.9 cm³/mol. The van der Waals surface area contributed by atoms with E-state index in [9.17, 15) is 9.59 Å². The topological polar surface area (TPSA) is 74.6 Å². The summed E-state index contributed by atoms with van der Waals surface area (Å²) in [7, 11) is 0. The van der Waals surface area contributed by atoms with Crippen molar-refractivity contribution in [1.29, 1.82) is 0 Å². The Kier molecular flexibility index (Phi) is 22.0. The maximum atomic E-state index is 10.3. The molecule has 4 heteroatoms. The molecule has 0 aliphatic carbocycles. The zero-order chi connectivity index (χ0) is 17.8. The first-order chi connectivity index (χ1) is 11.0. The maximum Gasteiger partial charge on any atom is 0.303 e. The van der Waals surface area contributed by atoms with Crippen LogP contribution in [0.25, 0.3) is 0 Å². The highest BCUT2D eigenvalue weighted by Gasteiger charge is 1.96. The van der Waals surface area contributed by atoms with Crippen LogP contribution in [-0.2, 0) is 9.59 Å². The van der Waals surface area contributed by atoms with Crippen LogP contribution in [0.5, 0.6) is 0 Å². The summed E-state index contributed by atoms with van der Waals surface area (Å²) < 4.78 is 0. The van der Waals surface area contributed by atoms with Gasteiger partial charge in [0.15, 0.2) is 0 Å². The van der Waals surface area contributed by atoms with Gasteiger partial charge in [-0.1, -0.05) is 84.5 Å². The molecule has 0 aliphatic heterocycles. The van der Waals surface area contributed by atoms with Crippen molar-refractivity contribution in [1.82, 2.24) is 0 Å². The van der Waals surface area contributed by atoms with Crippen LogP contribution in [0.1, 0.15) is 110 Å². The Morgan fingerprint density at radius 3 is 1.13 bits per heavy atom. The number of hydrogen-bond donors (Lipinski definition) is 2. The highest BCUT2D eigenvalue weighted by molar-refractivity contribution is 5.66. The fraction of sp³-hybridized carbons (Fsp3) is 0.895. The molecule has 0 aromatic heterocycles. The zero-order valence-electron chi connectivity index (χ0n) is 15.3. The summed E-state index contributed by atoms with van der Waals surface area (Å²) in [6, 6.07) is 0. The molecule has 23 heavy (non-hydrogen) atoms. The Hall–Kier alpha value is -1.06. The maximum absolute atomic E-state index is 10.3. The van der Waals surface area contributed by atoms with Crippen molar-refractivity contribution in [3.63, 3.8) is 0 Å². The van der Waals surface area contributed by atoms with Crippen molar-refractivity contribution in [2.75, 3.05) is 0 Å². The van der Waals surface area contributed by atoms with Crippen LogP contribution in [0.4, 0.5) is 0 Å². The molecule has 0 aromatic rings. The van der Waals surface area contributed by atoms with E-state index in [0.29, 0.717) is 12.8 Å². The largest absolute Gasteiger partial charge is 0.481 e. The second-order valence-electron chi connectivity index (χ2n) is 6.18. The first-order valence-electron chi connectivity index (χ1n) is 9.48. The van der Waals surface area contributed by atoms with Gasteiger partial charge in [0.2, 0.25) is 0 Å². The average molecular weight is 331 g/mol. The molecule has 0 unspecified atom stereocenters. The van der Waals surface area contributed by atoms with E-state index >= 15 is 0 Å². The normalized spacial score (nSPS) is 10.0. The minimum Gasteiger partial charge on any atom is -0.481 e. The fourth-order valence-corrected chi connectivity index (χ4v) is 2.33. The second-order valence-corrected chi connectivity index (χ2v) is 6.18. The Morgan fingerprint density at radius 1 is 0.522 bits per heavy atom. The summed E-state index contributed by atoms with van der Waals surface area (Å²) >= 11 is 0. The molecule has 0 saturated heterocycles. The molecule has 2 N–H and O–H groups in total. The van der Waals surface area contributed by atoms with E-state index in [-0.39, 0.29) is 0 Å². The van der Waals surface area contributed by atoms with Gasteiger partial charge in [0.1, 0.15) is 0 Å². The summed E-state index contributed by atoms with van der Waals surface area (Å²) in [5.74, 6) is -1.37. The molecule has 0 saturated carbocycles. The number of hydrogen-bond acceptors (Lipinski definition) is 2. The highest BCUT2D eigenvalue weighted by Crippen LogP contribution is 2.12. The van der Waals surface area contributed by atoms with E-state index in [1.54, 1.807) is 0 Å². The van der Waals surface area contributed by atoms with Crippen molar-refractivity contribution < 1.29 is 19.8 Å². The Balaban J connectivity index is 0. The third kappa shape index (κ3) is 29.6. The Bertz CT molecular complexity index is 264. The lowest BCUT2D eigenvalue weighted by atomic mass is 10.0. The van der Waals surface area contributed by atoms with Gasteiger partial charge in [0.25, 0.3) is 0 Å². The number of carboxylic acid groups (broad SMARTS) is 2. The van der Waals surface area contributed by atoms with Crippen LogP contribution < -0.4 is 0 Å². The number of carboxylic acids is 2. The number of aliphatic carboxylic acids is 2. The highest BCUT2D eigenvalue weighted by atomic mass is 16.4. The SMILES string of the molecule is CCCC(=O)O.CCCCCCCCCCCCCCC(=O)O. The van der Waals surface area contributed by atoms with Gasteiger partial charge in [-0.2, -0.15) is 0 Å². The summed E-state index contributed by atoms with van der Waals surface area (Å²) in [4.78, 5) is 19.9. The Morgan fingerprint density at radius 2 is 0.870 bits per heavy atom. The second kappa shape index (κ2) is 20.9. The minimum absolute atomic E-state index is 0.292. The number of unbranched alkanes of at least 4 members (excludes halogenated alkanes) is 11. The molecule has 0 heterocycles. The molecular formula is C19H38O4. The van der Waals surface area contributed by atoms with E-state index in [1.165, 1.54) is 64.2 Å². The molecule has 0 radical (unpaired) electrons. The summed E-state index contributed by atoms with van der Waals surface area (Å²) in [5, 5.41) is 16.4. The van der Waals surface area contributed by atoms with Gasteiger partial charge < -0.3 is 10.2 Å². The van der Waals surface area contributed by atoms with Crippen molar-refractivity contribution in [2.24, 2.45) is 0 Å². The molecule has 0 bridgehead atoms. The van der Waals surface area contributed by atoms with Crippen LogP contribution in [0.15, 0.2) is 0 Å². The van der Waals surface area contributed by atoms with Gasteiger partial charge >= 0.3 is 11.9 Å². The first kappa shape index (κ1) is 24.2. The standard InChI is InChI=1S/C15H30O2.C4H8O2/c1-2-3-4-5-6-7-8-9-10-11-12-13-14-15(16)17;1-2-3-4(5)6/h2-14H2,1H3,(H,16,17);2-3H2,1H3,(H,5,6). The molecule has 0 fully saturated rings.